The summed E-state index contributed by atoms with van der Waals surface area (Å²) in [5.41, 5.74) is 11.4. The van der Waals surface area contributed by atoms with Crippen LogP contribution in [0.2, 0.25) is 0 Å². The zero-order valence-corrected chi connectivity index (χ0v) is 22.1. The second-order valence-electron chi connectivity index (χ2n) is 10.7. The molecule has 2 aliphatic rings. The van der Waals surface area contributed by atoms with Gasteiger partial charge in [0.05, 0.1) is 13.4 Å². The third-order valence-electron chi connectivity index (χ3n) is 8.02. The van der Waals surface area contributed by atoms with Crippen molar-refractivity contribution in [2.75, 3.05) is 17.7 Å². The maximum Gasteiger partial charge on any atom is 0.227 e. The number of para-hydroxylation sites is 1. The molecule has 4 N–H and O–H groups in total. The highest BCUT2D eigenvalue weighted by atomic mass is 16.5. The Morgan fingerprint density at radius 3 is 2.58 bits per heavy atom. The number of fused-ring (bicyclic) bond motifs is 1. The minimum Gasteiger partial charge on any atom is -0.496 e. The number of hydrogen-bond acceptors (Lipinski definition) is 7. The number of aromatic nitrogens is 4. The van der Waals surface area contributed by atoms with Crippen LogP contribution in [0.15, 0.2) is 54.9 Å². The fraction of sp³-hybridized carbons (Fsp3) is 0.433. The second kappa shape index (κ2) is 11.0. The molecule has 0 radical (unpaired) electrons. The molecule has 2 saturated carbocycles. The first-order valence-electron chi connectivity index (χ1n) is 13.9. The van der Waals surface area contributed by atoms with Crippen LogP contribution in [0.4, 0.5) is 11.8 Å². The molecule has 6 rings (SSSR count). The summed E-state index contributed by atoms with van der Waals surface area (Å²) in [6, 6.07) is 17.7. The molecule has 2 fully saturated rings. The van der Waals surface area contributed by atoms with Crippen LogP contribution < -0.4 is 21.1 Å². The van der Waals surface area contributed by atoms with E-state index in [1.807, 2.05) is 24.5 Å². The molecule has 0 spiro atoms. The zero-order chi connectivity index (χ0) is 25.9. The number of ether oxygens (including phenoxy) is 1. The minimum atomic E-state index is 0.241. The van der Waals surface area contributed by atoms with Gasteiger partial charge in [0.25, 0.3) is 0 Å². The largest absolute Gasteiger partial charge is 0.496 e. The van der Waals surface area contributed by atoms with Gasteiger partial charge < -0.3 is 25.7 Å². The Kier molecular flexibility index (Phi) is 7.14. The van der Waals surface area contributed by atoms with E-state index in [0.717, 1.165) is 59.5 Å². The molecule has 8 nitrogen and oxygen atoms in total. The normalized spacial score (nSPS) is 20.1. The molecule has 2 unspecified atom stereocenters. The number of anilines is 2. The average Bonchev–Trinajstić information content (AvgIpc) is 3.62. The molecule has 0 aliphatic heterocycles. The Bertz CT molecular complexity index is 1380. The van der Waals surface area contributed by atoms with Gasteiger partial charge in [-0.3, -0.25) is 0 Å². The molecule has 2 aliphatic carbocycles. The standard InChI is InChI=1S/C30H37N7O/c1-38-26-12-5-4-11-25(26)21-15-13-20(14-16-21)18-32-28-27-29(37(19-33-27)24-9-2-3-10-24)36-30(35-28)34-23-8-6-7-22(31)17-23/h4-5,11-16,19,22-24H,2-3,6-10,17-18,31H2,1H3,(H2,32,34,35,36). The summed E-state index contributed by atoms with van der Waals surface area (Å²) in [7, 11) is 1.71. The third-order valence-corrected chi connectivity index (χ3v) is 8.02. The predicted molar refractivity (Wildman–Crippen MR) is 152 cm³/mol. The number of benzene rings is 2. The zero-order valence-electron chi connectivity index (χ0n) is 22.1. The van der Waals surface area contributed by atoms with E-state index in [4.69, 9.17) is 25.4 Å². The lowest BCUT2D eigenvalue weighted by Crippen LogP contribution is -2.35. The molecule has 0 saturated heterocycles. The van der Waals surface area contributed by atoms with Crippen LogP contribution >= 0.6 is 0 Å². The van der Waals surface area contributed by atoms with Gasteiger partial charge in [0.15, 0.2) is 17.0 Å². The number of nitrogens with one attached hydrogen (secondary N) is 2. The summed E-state index contributed by atoms with van der Waals surface area (Å²) < 4.78 is 7.80. The SMILES string of the molecule is COc1ccccc1-c1ccc(CNc2nc(NC3CCCC(N)C3)nc3c2ncn3C2CCCC2)cc1. The van der Waals surface area contributed by atoms with Crippen LogP contribution in [0.5, 0.6) is 5.75 Å². The number of rotatable bonds is 8. The van der Waals surface area contributed by atoms with Crippen molar-refractivity contribution < 1.29 is 4.74 Å². The highest BCUT2D eigenvalue weighted by Gasteiger charge is 2.24. The number of imidazole rings is 1. The van der Waals surface area contributed by atoms with Crippen molar-refractivity contribution in [2.24, 2.45) is 5.73 Å². The first-order chi connectivity index (χ1) is 18.7. The van der Waals surface area contributed by atoms with Gasteiger partial charge >= 0.3 is 0 Å². The van der Waals surface area contributed by atoms with Crippen molar-refractivity contribution in [1.29, 1.82) is 0 Å². The van der Waals surface area contributed by atoms with Gasteiger partial charge in [-0.25, -0.2) is 4.98 Å². The van der Waals surface area contributed by atoms with Crippen molar-refractivity contribution in [3.05, 3.63) is 60.4 Å². The third kappa shape index (κ3) is 5.18. The first-order valence-corrected chi connectivity index (χ1v) is 13.9. The molecule has 0 amide bonds. The topological polar surface area (TPSA) is 103 Å². The number of methoxy groups -OCH3 is 1. The Morgan fingerprint density at radius 2 is 1.79 bits per heavy atom. The Hall–Kier alpha value is -3.65. The van der Waals surface area contributed by atoms with Gasteiger partial charge in [-0.2, -0.15) is 9.97 Å². The fourth-order valence-corrected chi connectivity index (χ4v) is 5.97. The monoisotopic (exact) mass is 511 g/mol. The first kappa shape index (κ1) is 24.7. The highest BCUT2D eigenvalue weighted by Crippen LogP contribution is 2.34. The lowest BCUT2D eigenvalue weighted by molar-refractivity contribution is 0.408. The van der Waals surface area contributed by atoms with Crippen LogP contribution in [0.25, 0.3) is 22.3 Å². The summed E-state index contributed by atoms with van der Waals surface area (Å²) in [6.45, 7) is 0.641. The van der Waals surface area contributed by atoms with Crippen molar-refractivity contribution in [2.45, 2.75) is 76.0 Å². The molecule has 4 aromatic rings. The quantitative estimate of drug-likeness (QED) is 0.270. The van der Waals surface area contributed by atoms with Gasteiger partial charge in [0.1, 0.15) is 5.75 Å². The van der Waals surface area contributed by atoms with E-state index in [9.17, 15) is 0 Å². The Balaban J connectivity index is 1.25. The van der Waals surface area contributed by atoms with Gasteiger partial charge in [0, 0.05) is 30.2 Å². The Labute approximate surface area is 224 Å². The summed E-state index contributed by atoms with van der Waals surface area (Å²) in [6.07, 6.45) is 11.1. The summed E-state index contributed by atoms with van der Waals surface area (Å²) in [4.78, 5) is 14.6. The minimum absolute atomic E-state index is 0.241. The Morgan fingerprint density at radius 1 is 0.974 bits per heavy atom. The molecule has 8 heteroatoms. The molecule has 2 heterocycles. The molecule has 2 atom stereocenters. The van der Waals surface area contributed by atoms with Crippen molar-refractivity contribution in [3.63, 3.8) is 0 Å². The van der Waals surface area contributed by atoms with Gasteiger partial charge in [0.2, 0.25) is 5.95 Å². The van der Waals surface area contributed by atoms with E-state index in [-0.39, 0.29) is 6.04 Å². The van der Waals surface area contributed by atoms with E-state index in [2.05, 4.69) is 45.5 Å². The molecule has 38 heavy (non-hydrogen) atoms. The number of nitrogens with two attached hydrogens (primary N) is 1. The maximum absolute atomic E-state index is 6.25. The maximum atomic E-state index is 6.25. The van der Waals surface area contributed by atoms with Crippen molar-refractivity contribution in [1.82, 2.24) is 19.5 Å². The molecule has 0 bridgehead atoms. The smallest absolute Gasteiger partial charge is 0.227 e. The molecule has 2 aromatic heterocycles. The van der Waals surface area contributed by atoms with Gasteiger partial charge in [-0.15, -0.1) is 0 Å². The van der Waals surface area contributed by atoms with Crippen molar-refractivity contribution in [3.8, 4) is 16.9 Å². The number of nitrogens with zero attached hydrogens (tertiary/aromatic N) is 4. The van der Waals surface area contributed by atoms with Crippen LogP contribution in [0, 0.1) is 0 Å². The van der Waals surface area contributed by atoms with E-state index in [0.29, 0.717) is 24.6 Å². The van der Waals surface area contributed by atoms with E-state index < -0.39 is 0 Å². The van der Waals surface area contributed by atoms with Gasteiger partial charge in [-0.05, 0) is 55.7 Å². The van der Waals surface area contributed by atoms with Crippen LogP contribution in [-0.2, 0) is 6.54 Å². The predicted octanol–water partition coefficient (Wildman–Crippen LogP) is 5.91. The van der Waals surface area contributed by atoms with E-state index in [1.165, 1.54) is 31.2 Å². The number of hydrogen-bond donors (Lipinski definition) is 3. The molecule has 198 valence electrons. The second-order valence-corrected chi connectivity index (χ2v) is 10.7. The summed E-state index contributed by atoms with van der Waals surface area (Å²) in [5.74, 6) is 2.30. The van der Waals surface area contributed by atoms with Crippen molar-refractivity contribution >= 4 is 22.9 Å². The lowest BCUT2D eigenvalue weighted by Gasteiger charge is -2.27. The molecular weight excluding hydrogens is 474 g/mol. The fourth-order valence-electron chi connectivity index (χ4n) is 5.97. The van der Waals surface area contributed by atoms with E-state index >= 15 is 0 Å². The van der Waals surface area contributed by atoms with Crippen LogP contribution in [0.1, 0.15) is 63.0 Å². The summed E-state index contributed by atoms with van der Waals surface area (Å²) >= 11 is 0. The molecular formula is C30H37N7O. The average molecular weight is 512 g/mol. The summed E-state index contributed by atoms with van der Waals surface area (Å²) in [5, 5.41) is 7.15. The molecule has 2 aromatic carbocycles. The van der Waals surface area contributed by atoms with Gasteiger partial charge in [-0.1, -0.05) is 55.3 Å². The highest BCUT2D eigenvalue weighted by molar-refractivity contribution is 5.84. The lowest BCUT2D eigenvalue weighted by atomic mass is 9.92. The van der Waals surface area contributed by atoms with Crippen LogP contribution in [-0.4, -0.2) is 38.7 Å². The van der Waals surface area contributed by atoms with E-state index in [1.54, 1.807) is 7.11 Å². The van der Waals surface area contributed by atoms with Crippen LogP contribution in [0.3, 0.4) is 0 Å².